The standard InChI is InChI=1S/C19H21BrCl2N2O3S/c1-12-7-14(18(25)8-13(12)2)11-23-3-5-24(6-4-23)28(26,27)19-16(21)9-15(20)10-17(19)22/h7-10,25H,3-6,11H2,1-2H3. The van der Waals surface area contributed by atoms with Gasteiger partial charge in [-0.2, -0.15) is 4.31 Å². The van der Waals surface area contributed by atoms with Gasteiger partial charge in [0.25, 0.3) is 0 Å². The average molecular weight is 508 g/mol. The molecule has 0 aliphatic carbocycles. The summed E-state index contributed by atoms with van der Waals surface area (Å²) in [5.41, 5.74) is 3.01. The van der Waals surface area contributed by atoms with Gasteiger partial charge in [-0.15, -0.1) is 0 Å². The predicted molar refractivity (Wildman–Crippen MR) is 116 cm³/mol. The maximum absolute atomic E-state index is 13.0. The van der Waals surface area contributed by atoms with Crippen molar-refractivity contribution in [2.45, 2.75) is 25.3 Å². The number of phenols is 1. The SMILES string of the molecule is Cc1cc(O)c(CN2CCN(S(=O)(=O)c3c(Cl)cc(Br)cc3Cl)CC2)cc1C. The lowest BCUT2D eigenvalue weighted by Crippen LogP contribution is -2.48. The summed E-state index contributed by atoms with van der Waals surface area (Å²) in [6.07, 6.45) is 0. The van der Waals surface area contributed by atoms with Crippen LogP contribution in [0.4, 0.5) is 0 Å². The summed E-state index contributed by atoms with van der Waals surface area (Å²) < 4.78 is 28.1. The van der Waals surface area contributed by atoms with E-state index in [0.717, 1.165) is 16.7 Å². The Bertz CT molecular complexity index is 983. The first-order valence-corrected chi connectivity index (χ1v) is 11.7. The normalized spacial score (nSPS) is 16.5. The molecule has 5 nitrogen and oxygen atoms in total. The number of halogens is 3. The highest BCUT2D eigenvalue weighted by Crippen LogP contribution is 2.35. The molecule has 0 saturated carbocycles. The van der Waals surface area contributed by atoms with E-state index in [1.54, 1.807) is 6.07 Å². The highest BCUT2D eigenvalue weighted by Gasteiger charge is 2.32. The molecule has 1 aliphatic rings. The van der Waals surface area contributed by atoms with Crippen LogP contribution in [0.2, 0.25) is 10.0 Å². The molecule has 9 heteroatoms. The van der Waals surface area contributed by atoms with Crippen molar-refractivity contribution in [1.82, 2.24) is 9.21 Å². The molecule has 0 radical (unpaired) electrons. The molecule has 1 fully saturated rings. The Kier molecular flexibility index (Phi) is 6.64. The van der Waals surface area contributed by atoms with Crippen molar-refractivity contribution in [3.8, 4) is 5.75 Å². The Morgan fingerprint density at radius 2 is 1.54 bits per heavy atom. The highest BCUT2D eigenvalue weighted by atomic mass is 79.9. The Balaban J connectivity index is 1.73. The van der Waals surface area contributed by atoms with Gasteiger partial charge in [0.1, 0.15) is 10.6 Å². The third kappa shape index (κ3) is 4.50. The molecular formula is C19H21BrCl2N2O3S. The molecular weight excluding hydrogens is 487 g/mol. The van der Waals surface area contributed by atoms with Gasteiger partial charge in [0, 0.05) is 42.8 Å². The molecule has 0 bridgehead atoms. The first-order valence-electron chi connectivity index (χ1n) is 8.75. The smallest absolute Gasteiger partial charge is 0.246 e. The molecule has 28 heavy (non-hydrogen) atoms. The van der Waals surface area contributed by atoms with E-state index in [4.69, 9.17) is 23.2 Å². The molecule has 2 aromatic rings. The van der Waals surface area contributed by atoms with Gasteiger partial charge in [-0.25, -0.2) is 8.42 Å². The van der Waals surface area contributed by atoms with Gasteiger partial charge in [0.15, 0.2) is 0 Å². The van der Waals surface area contributed by atoms with Crippen molar-refractivity contribution in [3.63, 3.8) is 0 Å². The first-order chi connectivity index (χ1) is 13.1. The van der Waals surface area contributed by atoms with Gasteiger partial charge in [-0.05, 0) is 43.2 Å². The van der Waals surface area contributed by atoms with Gasteiger partial charge < -0.3 is 5.11 Å². The first kappa shape index (κ1) is 21.9. The summed E-state index contributed by atoms with van der Waals surface area (Å²) >= 11 is 15.6. The number of sulfonamides is 1. The molecule has 0 atom stereocenters. The second kappa shape index (κ2) is 8.50. The maximum atomic E-state index is 13.0. The van der Waals surface area contributed by atoms with Crippen LogP contribution in [0.3, 0.4) is 0 Å². The number of rotatable bonds is 4. The van der Waals surface area contributed by atoms with E-state index in [2.05, 4.69) is 20.8 Å². The molecule has 152 valence electrons. The minimum Gasteiger partial charge on any atom is -0.508 e. The zero-order valence-corrected chi connectivity index (χ0v) is 19.5. The second-order valence-corrected chi connectivity index (χ2v) is 10.5. The van der Waals surface area contributed by atoms with Crippen molar-refractivity contribution >= 4 is 49.2 Å². The van der Waals surface area contributed by atoms with Crippen molar-refractivity contribution in [2.24, 2.45) is 0 Å². The molecule has 0 aromatic heterocycles. The molecule has 0 amide bonds. The zero-order chi connectivity index (χ0) is 20.6. The molecule has 1 heterocycles. The number of aromatic hydroxyl groups is 1. The highest BCUT2D eigenvalue weighted by molar-refractivity contribution is 9.10. The van der Waals surface area contributed by atoms with Crippen LogP contribution in [0.25, 0.3) is 0 Å². The van der Waals surface area contributed by atoms with Gasteiger partial charge in [-0.1, -0.05) is 45.2 Å². The maximum Gasteiger partial charge on any atom is 0.246 e. The molecule has 1 aliphatic heterocycles. The Labute approximate surface area is 184 Å². The lowest BCUT2D eigenvalue weighted by molar-refractivity contribution is 0.180. The van der Waals surface area contributed by atoms with E-state index >= 15 is 0 Å². The second-order valence-electron chi connectivity index (χ2n) is 6.94. The number of hydrogen-bond acceptors (Lipinski definition) is 4. The fraction of sp³-hybridized carbons (Fsp3) is 0.368. The summed E-state index contributed by atoms with van der Waals surface area (Å²) in [6, 6.07) is 6.80. The monoisotopic (exact) mass is 506 g/mol. The van der Waals surface area contributed by atoms with Gasteiger partial charge in [0.2, 0.25) is 10.0 Å². The minimum absolute atomic E-state index is 0.0562. The van der Waals surface area contributed by atoms with Crippen LogP contribution in [-0.2, 0) is 16.6 Å². The minimum atomic E-state index is -3.78. The van der Waals surface area contributed by atoms with Gasteiger partial charge in [0.05, 0.1) is 10.0 Å². The zero-order valence-electron chi connectivity index (χ0n) is 15.5. The third-order valence-corrected chi connectivity index (χ3v) is 8.26. The van der Waals surface area contributed by atoms with E-state index in [0.29, 0.717) is 37.2 Å². The molecule has 0 unspecified atom stereocenters. The third-order valence-electron chi connectivity index (χ3n) is 4.98. The van der Waals surface area contributed by atoms with Crippen LogP contribution < -0.4 is 0 Å². The van der Waals surface area contributed by atoms with Gasteiger partial charge >= 0.3 is 0 Å². The van der Waals surface area contributed by atoms with Crippen LogP contribution in [-0.4, -0.2) is 48.9 Å². The van der Waals surface area contributed by atoms with Gasteiger partial charge in [-0.3, -0.25) is 4.90 Å². The largest absolute Gasteiger partial charge is 0.508 e. The molecule has 1 N–H and O–H groups in total. The van der Waals surface area contributed by atoms with Crippen LogP contribution in [0.5, 0.6) is 5.75 Å². The number of phenolic OH excluding ortho intramolecular Hbond substituents is 1. The van der Waals surface area contributed by atoms with E-state index in [1.165, 1.54) is 16.4 Å². The van der Waals surface area contributed by atoms with Crippen molar-refractivity contribution in [3.05, 3.63) is 55.5 Å². The Morgan fingerprint density at radius 1 is 1.00 bits per heavy atom. The quantitative estimate of drug-likeness (QED) is 0.657. The lowest BCUT2D eigenvalue weighted by atomic mass is 10.0. The Hall–Kier alpha value is -0.830. The predicted octanol–water partition coefficient (Wildman–Crippen LogP) is 4.58. The number of aryl methyl sites for hydroxylation is 2. The van der Waals surface area contributed by atoms with E-state index < -0.39 is 10.0 Å². The van der Waals surface area contributed by atoms with Crippen LogP contribution in [0, 0.1) is 13.8 Å². The number of nitrogens with zero attached hydrogens (tertiary/aromatic N) is 2. The average Bonchev–Trinajstić information content (AvgIpc) is 2.59. The topological polar surface area (TPSA) is 60.9 Å². The number of benzene rings is 2. The summed E-state index contributed by atoms with van der Waals surface area (Å²) in [7, 11) is -3.78. The van der Waals surface area contributed by atoms with E-state index in [-0.39, 0.29) is 20.7 Å². The molecule has 0 spiro atoms. The van der Waals surface area contributed by atoms with Crippen molar-refractivity contribution in [2.75, 3.05) is 26.2 Å². The van der Waals surface area contributed by atoms with E-state index in [1.807, 2.05) is 19.9 Å². The molecule has 1 saturated heterocycles. The van der Waals surface area contributed by atoms with Crippen molar-refractivity contribution < 1.29 is 13.5 Å². The van der Waals surface area contributed by atoms with Crippen LogP contribution >= 0.6 is 39.1 Å². The number of piperazine rings is 1. The van der Waals surface area contributed by atoms with E-state index in [9.17, 15) is 13.5 Å². The lowest BCUT2D eigenvalue weighted by Gasteiger charge is -2.34. The fourth-order valence-corrected chi connectivity index (χ4v) is 6.57. The summed E-state index contributed by atoms with van der Waals surface area (Å²) in [6.45, 7) is 6.30. The van der Waals surface area contributed by atoms with Crippen LogP contribution in [0.1, 0.15) is 16.7 Å². The molecule has 3 rings (SSSR count). The molecule has 2 aromatic carbocycles. The summed E-state index contributed by atoms with van der Waals surface area (Å²) in [5.74, 6) is 0.270. The Morgan fingerprint density at radius 3 is 2.11 bits per heavy atom. The summed E-state index contributed by atoms with van der Waals surface area (Å²) in [5, 5.41) is 10.4. The number of hydrogen-bond donors (Lipinski definition) is 1. The fourth-order valence-electron chi connectivity index (χ4n) is 3.26. The van der Waals surface area contributed by atoms with Crippen LogP contribution in [0.15, 0.2) is 33.6 Å². The summed E-state index contributed by atoms with van der Waals surface area (Å²) in [4.78, 5) is 2.07. The van der Waals surface area contributed by atoms with Crippen molar-refractivity contribution in [1.29, 1.82) is 0 Å².